The molecule has 0 radical (unpaired) electrons. The summed E-state index contributed by atoms with van der Waals surface area (Å²) in [6, 6.07) is 14.8. The highest BCUT2D eigenvalue weighted by Gasteiger charge is 2.29. The molecule has 2 aromatic carbocycles. The van der Waals surface area contributed by atoms with Crippen LogP contribution in [0.5, 0.6) is 5.75 Å². The molecule has 0 amide bonds. The zero-order valence-electron chi connectivity index (χ0n) is 19.3. The van der Waals surface area contributed by atoms with Crippen LogP contribution in [-0.4, -0.2) is 5.11 Å². The lowest BCUT2D eigenvalue weighted by Crippen LogP contribution is -2.22. The monoisotopic (exact) mass is 394 g/mol. The van der Waals surface area contributed by atoms with Crippen LogP contribution in [0, 0.1) is 0 Å². The maximum Gasteiger partial charge on any atom is 0.119 e. The second-order valence-corrected chi connectivity index (χ2v) is 9.06. The third kappa shape index (κ3) is 6.63. The average Bonchev–Trinajstić information content (AvgIpc) is 2.72. The van der Waals surface area contributed by atoms with Crippen molar-refractivity contribution < 1.29 is 5.11 Å². The summed E-state index contributed by atoms with van der Waals surface area (Å²) in [7, 11) is 0. The van der Waals surface area contributed by atoms with Crippen LogP contribution in [-0.2, 0) is 18.3 Å². The molecule has 0 aliphatic carbocycles. The third-order valence-electron chi connectivity index (χ3n) is 6.34. The molecule has 2 rings (SSSR count). The van der Waals surface area contributed by atoms with E-state index in [9.17, 15) is 5.11 Å². The van der Waals surface area contributed by atoms with Gasteiger partial charge in [-0.2, -0.15) is 0 Å². The molecule has 0 spiro atoms. The maximum atomic E-state index is 11.0. The zero-order valence-corrected chi connectivity index (χ0v) is 19.3. The van der Waals surface area contributed by atoms with Gasteiger partial charge in [0.1, 0.15) is 5.75 Å². The van der Waals surface area contributed by atoms with Crippen LogP contribution >= 0.6 is 0 Å². The Balaban J connectivity index is 2.33. The quantitative estimate of drug-likeness (QED) is 0.338. The highest BCUT2D eigenvalue weighted by Crippen LogP contribution is 2.41. The molecule has 0 aliphatic heterocycles. The van der Waals surface area contributed by atoms with Gasteiger partial charge in [-0.3, -0.25) is 0 Å². The topological polar surface area (TPSA) is 20.2 Å². The van der Waals surface area contributed by atoms with Gasteiger partial charge in [-0.25, -0.2) is 0 Å². The Hall–Kier alpha value is -1.76. The van der Waals surface area contributed by atoms with E-state index < -0.39 is 0 Å². The number of unbranched alkanes of at least 4 members (excludes halogenated alkanes) is 7. The minimum Gasteiger partial charge on any atom is -0.508 e. The van der Waals surface area contributed by atoms with Crippen molar-refractivity contribution >= 4 is 0 Å². The normalized spacial score (nSPS) is 11.7. The SMILES string of the molecule is CCCCCCCCc1c(CCCCC)ccc(O)c1C(C)(C)c1ccccc1. The van der Waals surface area contributed by atoms with Gasteiger partial charge in [0.25, 0.3) is 0 Å². The number of hydrogen-bond acceptors (Lipinski definition) is 1. The van der Waals surface area contributed by atoms with Crippen molar-refractivity contribution in [3.63, 3.8) is 0 Å². The molecule has 0 aliphatic rings. The Morgan fingerprint density at radius 2 is 1.28 bits per heavy atom. The van der Waals surface area contributed by atoms with Crippen molar-refractivity contribution in [3.8, 4) is 5.75 Å². The molecule has 0 saturated carbocycles. The summed E-state index contributed by atoms with van der Waals surface area (Å²) in [5.74, 6) is 0.457. The molecule has 0 atom stereocenters. The lowest BCUT2D eigenvalue weighted by molar-refractivity contribution is 0.449. The fourth-order valence-electron chi connectivity index (χ4n) is 4.54. The lowest BCUT2D eigenvalue weighted by atomic mass is 9.73. The Morgan fingerprint density at radius 3 is 1.97 bits per heavy atom. The van der Waals surface area contributed by atoms with Gasteiger partial charge >= 0.3 is 0 Å². The zero-order chi connectivity index (χ0) is 21.1. The summed E-state index contributed by atoms with van der Waals surface area (Å²) in [5, 5.41) is 11.0. The van der Waals surface area contributed by atoms with Gasteiger partial charge in [-0.1, -0.05) is 109 Å². The fraction of sp³-hybridized carbons (Fsp3) is 0.571. The number of phenols is 1. The van der Waals surface area contributed by atoms with E-state index in [4.69, 9.17) is 0 Å². The van der Waals surface area contributed by atoms with Crippen LogP contribution in [0.1, 0.15) is 108 Å². The van der Waals surface area contributed by atoms with Crippen LogP contribution in [0.15, 0.2) is 42.5 Å². The van der Waals surface area contributed by atoms with Gasteiger partial charge in [0, 0.05) is 11.0 Å². The molecule has 0 unspecified atom stereocenters. The van der Waals surface area contributed by atoms with Gasteiger partial charge in [-0.05, 0) is 48.4 Å². The average molecular weight is 395 g/mol. The van der Waals surface area contributed by atoms with Crippen LogP contribution in [0.4, 0.5) is 0 Å². The lowest BCUT2D eigenvalue weighted by Gasteiger charge is -2.31. The first kappa shape index (κ1) is 23.5. The summed E-state index contributed by atoms with van der Waals surface area (Å²) in [5.41, 5.74) is 5.06. The van der Waals surface area contributed by atoms with Crippen LogP contribution < -0.4 is 0 Å². The van der Waals surface area contributed by atoms with Gasteiger partial charge in [0.2, 0.25) is 0 Å². The Labute approximate surface area is 179 Å². The molecule has 29 heavy (non-hydrogen) atoms. The number of aromatic hydroxyl groups is 1. The molecule has 160 valence electrons. The molecular formula is C28H42O. The minimum absolute atomic E-state index is 0.205. The molecule has 0 aromatic heterocycles. The first-order chi connectivity index (χ1) is 14.0. The highest BCUT2D eigenvalue weighted by atomic mass is 16.3. The molecule has 0 bridgehead atoms. The predicted molar refractivity (Wildman–Crippen MR) is 127 cm³/mol. The van der Waals surface area contributed by atoms with Gasteiger partial charge in [0.05, 0.1) is 0 Å². The second kappa shape index (κ2) is 12.1. The van der Waals surface area contributed by atoms with E-state index in [0.29, 0.717) is 5.75 Å². The second-order valence-electron chi connectivity index (χ2n) is 9.06. The fourth-order valence-corrected chi connectivity index (χ4v) is 4.54. The number of hydrogen-bond donors (Lipinski definition) is 1. The van der Waals surface area contributed by atoms with Crippen molar-refractivity contribution in [1.29, 1.82) is 0 Å². The van der Waals surface area contributed by atoms with E-state index in [-0.39, 0.29) is 5.41 Å². The largest absolute Gasteiger partial charge is 0.508 e. The van der Waals surface area contributed by atoms with E-state index in [1.165, 1.54) is 74.5 Å². The van der Waals surface area contributed by atoms with Crippen molar-refractivity contribution in [2.24, 2.45) is 0 Å². The van der Waals surface area contributed by atoms with Crippen LogP contribution in [0.2, 0.25) is 0 Å². The molecule has 2 aromatic rings. The van der Waals surface area contributed by atoms with E-state index in [2.05, 4.69) is 64.1 Å². The summed E-state index contributed by atoms with van der Waals surface area (Å²) < 4.78 is 0. The van der Waals surface area contributed by atoms with E-state index in [1.54, 1.807) is 0 Å². The first-order valence-electron chi connectivity index (χ1n) is 11.9. The van der Waals surface area contributed by atoms with Gasteiger partial charge in [0.15, 0.2) is 0 Å². The molecule has 0 heterocycles. The van der Waals surface area contributed by atoms with E-state index >= 15 is 0 Å². The van der Waals surface area contributed by atoms with Crippen molar-refractivity contribution in [1.82, 2.24) is 0 Å². The summed E-state index contributed by atoms with van der Waals surface area (Å²) in [6.07, 6.45) is 13.8. The smallest absolute Gasteiger partial charge is 0.119 e. The minimum atomic E-state index is -0.205. The van der Waals surface area contributed by atoms with Crippen molar-refractivity contribution in [3.05, 3.63) is 64.7 Å². The number of phenolic OH excluding ortho intramolecular Hbond substituents is 1. The highest BCUT2D eigenvalue weighted by molar-refractivity contribution is 5.53. The maximum absolute atomic E-state index is 11.0. The van der Waals surface area contributed by atoms with Gasteiger partial charge < -0.3 is 5.11 Å². The Morgan fingerprint density at radius 1 is 0.690 bits per heavy atom. The number of rotatable bonds is 13. The summed E-state index contributed by atoms with van der Waals surface area (Å²) in [6.45, 7) is 9.06. The third-order valence-corrected chi connectivity index (χ3v) is 6.34. The van der Waals surface area contributed by atoms with E-state index in [1.807, 2.05) is 6.07 Å². The van der Waals surface area contributed by atoms with Crippen LogP contribution in [0.3, 0.4) is 0 Å². The molecule has 1 heteroatoms. The first-order valence-corrected chi connectivity index (χ1v) is 11.9. The van der Waals surface area contributed by atoms with E-state index in [0.717, 1.165) is 18.4 Å². The van der Waals surface area contributed by atoms with Crippen molar-refractivity contribution in [2.75, 3.05) is 0 Å². The molecule has 1 nitrogen and oxygen atoms in total. The van der Waals surface area contributed by atoms with Crippen LogP contribution in [0.25, 0.3) is 0 Å². The summed E-state index contributed by atoms with van der Waals surface area (Å²) >= 11 is 0. The number of benzene rings is 2. The molecular weight excluding hydrogens is 352 g/mol. The molecule has 0 fully saturated rings. The number of aryl methyl sites for hydroxylation is 1. The predicted octanol–water partition coefficient (Wildman–Crippen LogP) is 8.35. The Kier molecular flexibility index (Phi) is 9.78. The molecule has 1 N–H and O–H groups in total. The standard InChI is InChI=1S/C28H42O/c1-5-7-9-10-11-16-20-25-23(17-13-8-6-2)21-22-26(29)27(25)28(3,4)24-18-14-12-15-19-24/h12,14-15,18-19,21-22,29H,5-11,13,16-17,20H2,1-4H3. The Bertz CT molecular complexity index is 715. The van der Waals surface area contributed by atoms with Gasteiger partial charge in [-0.15, -0.1) is 0 Å². The summed E-state index contributed by atoms with van der Waals surface area (Å²) in [4.78, 5) is 0. The molecule has 0 saturated heterocycles. The van der Waals surface area contributed by atoms with Crippen molar-refractivity contribution in [2.45, 2.75) is 104 Å².